The Bertz CT molecular complexity index is 561. The van der Waals surface area contributed by atoms with Crippen molar-refractivity contribution in [3.05, 3.63) is 40.2 Å². The number of ether oxygens (including phenoxy) is 1. The molecule has 2 rings (SSSR count). The number of methoxy groups -OCH3 is 1. The number of phenolic OH excluding ortho intramolecular Hbond substituents is 1. The molecule has 3 nitrogen and oxygen atoms in total. The molecule has 1 aromatic carbocycles. The molecule has 0 radical (unpaired) electrons. The van der Waals surface area contributed by atoms with E-state index >= 15 is 0 Å². The van der Waals surface area contributed by atoms with Gasteiger partial charge in [0.2, 0.25) is 0 Å². The maximum atomic E-state index is 13.6. The fraction of sp³-hybridized carbons (Fsp3) is 0.400. The lowest BCUT2D eigenvalue weighted by Crippen LogP contribution is -2.11. The van der Waals surface area contributed by atoms with E-state index in [1.54, 1.807) is 13.8 Å². The van der Waals surface area contributed by atoms with E-state index in [1.807, 2.05) is 6.07 Å². The minimum atomic E-state index is -0.436. The van der Waals surface area contributed by atoms with Gasteiger partial charge in [-0.15, -0.1) is 0 Å². The van der Waals surface area contributed by atoms with Crippen LogP contribution in [0.5, 0.6) is 5.75 Å². The second-order valence-electron chi connectivity index (χ2n) is 4.85. The molecule has 102 valence electrons. The van der Waals surface area contributed by atoms with Crippen molar-refractivity contribution in [3.63, 3.8) is 0 Å². The third kappa shape index (κ3) is 2.35. The highest BCUT2D eigenvalue weighted by molar-refractivity contribution is 5.74. The minimum Gasteiger partial charge on any atom is -0.507 e. The third-order valence-electron chi connectivity index (χ3n) is 3.71. The summed E-state index contributed by atoms with van der Waals surface area (Å²) in [6.45, 7) is 3.46. The van der Waals surface area contributed by atoms with Crippen LogP contribution in [0, 0.1) is 6.92 Å². The maximum Gasteiger partial charge on any atom is 0.309 e. The lowest BCUT2D eigenvalue weighted by Gasteiger charge is -2.23. The lowest BCUT2D eigenvalue weighted by atomic mass is 9.84. The van der Waals surface area contributed by atoms with Crippen LogP contribution in [0.1, 0.15) is 35.1 Å². The number of aromatic hydroxyl groups is 1. The van der Waals surface area contributed by atoms with Gasteiger partial charge in [-0.25, -0.2) is 4.39 Å². The molecule has 19 heavy (non-hydrogen) atoms. The van der Waals surface area contributed by atoms with E-state index in [2.05, 4.69) is 4.74 Å². The van der Waals surface area contributed by atoms with Crippen LogP contribution in [0.4, 0.5) is 4.39 Å². The maximum absolute atomic E-state index is 13.6. The Hall–Kier alpha value is -1.84. The van der Waals surface area contributed by atoms with Crippen LogP contribution in [0.3, 0.4) is 0 Å². The van der Waals surface area contributed by atoms with Crippen molar-refractivity contribution < 1.29 is 19.0 Å². The van der Waals surface area contributed by atoms with E-state index in [1.165, 1.54) is 13.2 Å². The van der Waals surface area contributed by atoms with Crippen LogP contribution < -0.4 is 0 Å². The van der Waals surface area contributed by atoms with E-state index < -0.39 is 5.92 Å². The van der Waals surface area contributed by atoms with E-state index in [0.29, 0.717) is 17.5 Å². The molecule has 0 saturated heterocycles. The van der Waals surface area contributed by atoms with Crippen LogP contribution in [-0.2, 0) is 22.4 Å². The van der Waals surface area contributed by atoms with Gasteiger partial charge in [0.15, 0.2) is 0 Å². The summed E-state index contributed by atoms with van der Waals surface area (Å²) in [5.41, 5.74) is 2.85. The Labute approximate surface area is 111 Å². The van der Waals surface area contributed by atoms with Crippen molar-refractivity contribution in [1.82, 2.24) is 0 Å². The number of hydrogen-bond donors (Lipinski definition) is 1. The number of carbonyl (C=O) groups excluding carboxylic acids is 1. The standard InChI is InChI=1S/C15H17FO3/c1-8-11(7-13(17)19-3)6-10-4-5-12(16)9(2)14(10)15(8)18/h5-6,9,18H,4,7H2,1-3H3. The molecule has 0 fully saturated rings. The second kappa shape index (κ2) is 5.03. The van der Waals surface area contributed by atoms with Crippen LogP contribution in [0.25, 0.3) is 0 Å². The summed E-state index contributed by atoms with van der Waals surface area (Å²) in [6.07, 6.45) is 2.07. The van der Waals surface area contributed by atoms with E-state index in [-0.39, 0.29) is 24.0 Å². The van der Waals surface area contributed by atoms with Crippen molar-refractivity contribution >= 4 is 5.97 Å². The largest absolute Gasteiger partial charge is 0.507 e. The van der Waals surface area contributed by atoms with Crippen LogP contribution >= 0.6 is 0 Å². The molecule has 1 unspecified atom stereocenters. The van der Waals surface area contributed by atoms with Crippen LogP contribution in [0.15, 0.2) is 18.0 Å². The SMILES string of the molecule is COC(=O)Cc1cc2c(c(O)c1C)C(C)C(F)=CC2. The Morgan fingerprint density at radius 3 is 2.89 bits per heavy atom. The number of allylic oxidation sites excluding steroid dienone is 2. The zero-order chi connectivity index (χ0) is 14.2. The molecule has 0 saturated carbocycles. The molecule has 1 N–H and O–H groups in total. The number of rotatable bonds is 2. The Kier molecular flexibility index (Phi) is 3.60. The van der Waals surface area contributed by atoms with Crippen LogP contribution in [-0.4, -0.2) is 18.2 Å². The molecule has 0 heterocycles. The molecule has 0 aliphatic heterocycles. The molecule has 0 amide bonds. The average Bonchev–Trinajstić information content (AvgIpc) is 2.39. The topological polar surface area (TPSA) is 46.5 Å². The normalized spacial score (nSPS) is 17.7. The van der Waals surface area contributed by atoms with E-state index in [9.17, 15) is 14.3 Å². The van der Waals surface area contributed by atoms with Gasteiger partial charge in [-0.2, -0.15) is 0 Å². The molecule has 0 spiro atoms. The number of fused-ring (bicyclic) bond motifs is 1. The van der Waals surface area contributed by atoms with Gasteiger partial charge in [-0.1, -0.05) is 13.0 Å². The summed E-state index contributed by atoms with van der Waals surface area (Å²) in [4.78, 5) is 11.4. The second-order valence-corrected chi connectivity index (χ2v) is 4.85. The first-order chi connectivity index (χ1) is 8.95. The number of halogens is 1. The zero-order valence-electron chi connectivity index (χ0n) is 11.3. The predicted molar refractivity (Wildman–Crippen MR) is 69.9 cm³/mol. The number of carbonyl (C=O) groups is 1. The van der Waals surface area contributed by atoms with Crippen molar-refractivity contribution in [2.75, 3.05) is 7.11 Å². The molecular formula is C15H17FO3. The first-order valence-corrected chi connectivity index (χ1v) is 6.22. The summed E-state index contributed by atoms with van der Waals surface area (Å²) in [5.74, 6) is -0.919. The summed E-state index contributed by atoms with van der Waals surface area (Å²) in [7, 11) is 1.33. The Morgan fingerprint density at radius 2 is 2.26 bits per heavy atom. The molecule has 1 aliphatic rings. The fourth-order valence-corrected chi connectivity index (χ4v) is 2.49. The molecule has 1 aliphatic carbocycles. The Morgan fingerprint density at radius 1 is 1.58 bits per heavy atom. The highest BCUT2D eigenvalue weighted by Gasteiger charge is 2.25. The fourth-order valence-electron chi connectivity index (χ4n) is 2.49. The van der Waals surface area contributed by atoms with Gasteiger partial charge in [0.25, 0.3) is 0 Å². The van der Waals surface area contributed by atoms with Crippen molar-refractivity contribution in [1.29, 1.82) is 0 Å². The van der Waals surface area contributed by atoms with Crippen LogP contribution in [0.2, 0.25) is 0 Å². The zero-order valence-corrected chi connectivity index (χ0v) is 11.3. The number of hydrogen-bond acceptors (Lipinski definition) is 3. The molecule has 1 aromatic rings. The summed E-state index contributed by atoms with van der Waals surface area (Å²) >= 11 is 0. The monoisotopic (exact) mass is 264 g/mol. The molecule has 0 aromatic heterocycles. The van der Waals surface area contributed by atoms with Crippen molar-refractivity contribution in [2.24, 2.45) is 0 Å². The van der Waals surface area contributed by atoms with Gasteiger partial charge in [0.1, 0.15) is 11.6 Å². The van der Waals surface area contributed by atoms with E-state index in [0.717, 1.165) is 11.1 Å². The molecule has 1 atom stereocenters. The smallest absolute Gasteiger partial charge is 0.309 e. The van der Waals surface area contributed by atoms with Crippen molar-refractivity contribution in [2.45, 2.75) is 32.6 Å². The highest BCUT2D eigenvalue weighted by atomic mass is 19.1. The lowest BCUT2D eigenvalue weighted by molar-refractivity contribution is -0.139. The van der Waals surface area contributed by atoms with Gasteiger partial charge >= 0.3 is 5.97 Å². The van der Waals surface area contributed by atoms with E-state index in [4.69, 9.17) is 0 Å². The van der Waals surface area contributed by atoms with Gasteiger partial charge in [0.05, 0.1) is 13.5 Å². The molecule has 4 heteroatoms. The predicted octanol–water partition coefficient (Wildman–Crippen LogP) is 2.93. The summed E-state index contributed by atoms with van der Waals surface area (Å²) < 4.78 is 18.2. The molecular weight excluding hydrogens is 247 g/mol. The van der Waals surface area contributed by atoms with Gasteiger partial charge < -0.3 is 9.84 Å². The first-order valence-electron chi connectivity index (χ1n) is 6.22. The number of phenols is 1. The van der Waals surface area contributed by atoms with Gasteiger partial charge in [-0.05, 0) is 36.1 Å². The first kappa shape index (κ1) is 13.6. The highest BCUT2D eigenvalue weighted by Crippen LogP contribution is 2.41. The van der Waals surface area contributed by atoms with Crippen molar-refractivity contribution in [3.8, 4) is 5.75 Å². The number of esters is 1. The van der Waals surface area contributed by atoms with Gasteiger partial charge in [-0.3, -0.25) is 4.79 Å². The summed E-state index contributed by atoms with van der Waals surface area (Å²) in [6, 6.07) is 1.86. The average molecular weight is 264 g/mol. The molecule has 0 bridgehead atoms. The Balaban J connectivity index is 2.49. The van der Waals surface area contributed by atoms with Gasteiger partial charge in [0, 0.05) is 11.5 Å². The number of benzene rings is 1. The minimum absolute atomic E-state index is 0.0900. The third-order valence-corrected chi connectivity index (χ3v) is 3.71. The quantitative estimate of drug-likeness (QED) is 0.835. The summed E-state index contributed by atoms with van der Waals surface area (Å²) in [5, 5.41) is 10.3.